The fourth-order valence-corrected chi connectivity index (χ4v) is 2.63. The van der Waals surface area contributed by atoms with Gasteiger partial charge in [-0.25, -0.2) is 9.37 Å². The van der Waals surface area contributed by atoms with Crippen molar-refractivity contribution in [1.82, 2.24) is 4.98 Å². The maximum Gasteiger partial charge on any atom is 0.165 e. The van der Waals surface area contributed by atoms with E-state index in [0.717, 1.165) is 6.42 Å². The molecule has 4 heteroatoms. The van der Waals surface area contributed by atoms with Gasteiger partial charge in [0.2, 0.25) is 0 Å². The summed E-state index contributed by atoms with van der Waals surface area (Å²) >= 11 is 0. The molecule has 1 aromatic carbocycles. The van der Waals surface area contributed by atoms with Gasteiger partial charge in [-0.3, -0.25) is 0 Å². The number of hydrogen-bond acceptors (Lipinski definition) is 3. The Morgan fingerprint density at radius 1 is 1.21 bits per heavy atom. The van der Waals surface area contributed by atoms with Gasteiger partial charge in [0, 0.05) is 25.3 Å². The third kappa shape index (κ3) is 2.19. The largest absolute Gasteiger partial charge is 0.345 e. The Kier molecular flexibility index (Phi) is 3.17. The maximum absolute atomic E-state index is 13.9. The highest BCUT2D eigenvalue weighted by atomic mass is 19.1. The average molecular weight is 257 g/mol. The van der Waals surface area contributed by atoms with E-state index < -0.39 is 0 Å². The molecule has 0 fully saturated rings. The summed E-state index contributed by atoms with van der Waals surface area (Å²) in [5.74, 6) is 0.104. The van der Waals surface area contributed by atoms with E-state index in [-0.39, 0.29) is 11.9 Å². The minimum absolute atomic E-state index is 0.0966. The van der Waals surface area contributed by atoms with Gasteiger partial charge in [0.05, 0.1) is 0 Å². The quantitative estimate of drug-likeness (QED) is 0.896. The predicted molar refractivity (Wildman–Crippen MR) is 73.4 cm³/mol. The smallest absolute Gasteiger partial charge is 0.165 e. The summed E-state index contributed by atoms with van der Waals surface area (Å²) in [7, 11) is 0. The van der Waals surface area contributed by atoms with Gasteiger partial charge in [-0.1, -0.05) is 24.3 Å². The van der Waals surface area contributed by atoms with E-state index in [4.69, 9.17) is 5.73 Å². The van der Waals surface area contributed by atoms with Gasteiger partial charge in [-0.15, -0.1) is 0 Å². The third-order valence-electron chi connectivity index (χ3n) is 3.64. The number of nitrogens with two attached hydrogens (primary N) is 1. The first kappa shape index (κ1) is 12.1. The van der Waals surface area contributed by atoms with Gasteiger partial charge in [-0.2, -0.15) is 0 Å². The normalized spacial score (nSPS) is 18.2. The number of pyridine rings is 1. The highest BCUT2D eigenvalue weighted by Crippen LogP contribution is 2.28. The number of aromatic nitrogens is 1. The summed E-state index contributed by atoms with van der Waals surface area (Å²) in [5, 5.41) is 0. The fourth-order valence-electron chi connectivity index (χ4n) is 2.63. The molecule has 2 N–H and O–H groups in total. The molecule has 1 unspecified atom stereocenters. The zero-order chi connectivity index (χ0) is 13.2. The zero-order valence-corrected chi connectivity index (χ0v) is 10.6. The molecular formula is C15H16FN3. The highest BCUT2D eigenvalue weighted by molar-refractivity contribution is 5.46. The van der Waals surface area contributed by atoms with Crippen molar-refractivity contribution in [3.05, 3.63) is 59.5 Å². The van der Waals surface area contributed by atoms with Gasteiger partial charge in [0.1, 0.15) is 0 Å². The molecule has 0 aliphatic carbocycles. The molecule has 1 aliphatic heterocycles. The summed E-state index contributed by atoms with van der Waals surface area (Å²) in [4.78, 5) is 6.14. The number of nitrogens with zero attached hydrogens (tertiary/aromatic N) is 2. The molecule has 1 aromatic heterocycles. The lowest BCUT2D eigenvalue weighted by atomic mass is 9.94. The van der Waals surface area contributed by atoms with E-state index in [1.807, 2.05) is 17.0 Å². The molecule has 98 valence electrons. The van der Waals surface area contributed by atoms with Gasteiger partial charge >= 0.3 is 0 Å². The van der Waals surface area contributed by atoms with Crippen LogP contribution in [0, 0.1) is 5.82 Å². The van der Waals surface area contributed by atoms with E-state index in [9.17, 15) is 4.39 Å². The van der Waals surface area contributed by atoms with Crippen molar-refractivity contribution in [2.24, 2.45) is 5.73 Å². The maximum atomic E-state index is 13.9. The first-order chi connectivity index (χ1) is 9.29. The van der Waals surface area contributed by atoms with Gasteiger partial charge in [0.25, 0.3) is 0 Å². The molecule has 2 aromatic rings. The third-order valence-corrected chi connectivity index (χ3v) is 3.64. The van der Waals surface area contributed by atoms with E-state index in [1.165, 1.54) is 17.2 Å². The van der Waals surface area contributed by atoms with E-state index in [0.29, 0.717) is 18.9 Å². The number of halogens is 1. The molecule has 0 amide bonds. The molecular weight excluding hydrogens is 241 g/mol. The van der Waals surface area contributed by atoms with Crippen LogP contribution in [-0.2, 0) is 13.0 Å². The van der Waals surface area contributed by atoms with Gasteiger partial charge < -0.3 is 10.6 Å². The second kappa shape index (κ2) is 4.97. The standard InChI is InChI=1S/C15H16FN3/c16-14-6-3-7-18-15(14)19-10-12-5-2-1-4-11(12)8-13(19)9-17/h1-7,13H,8-10,17H2. The van der Waals surface area contributed by atoms with Gasteiger partial charge in [-0.05, 0) is 29.7 Å². The molecule has 0 bridgehead atoms. The van der Waals surface area contributed by atoms with E-state index in [2.05, 4.69) is 17.1 Å². The minimum Gasteiger partial charge on any atom is -0.345 e. The van der Waals surface area contributed by atoms with Crippen LogP contribution < -0.4 is 10.6 Å². The van der Waals surface area contributed by atoms with E-state index in [1.54, 1.807) is 12.3 Å². The average Bonchev–Trinajstić information content (AvgIpc) is 2.46. The van der Waals surface area contributed by atoms with Crippen LogP contribution in [0.15, 0.2) is 42.6 Å². The number of anilines is 1. The Bertz CT molecular complexity index is 585. The lowest BCUT2D eigenvalue weighted by molar-refractivity contribution is 0.532. The highest BCUT2D eigenvalue weighted by Gasteiger charge is 2.27. The second-order valence-electron chi connectivity index (χ2n) is 4.80. The second-order valence-corrected chi connectivity index (χ2v) is 4.80. The van der Waals surface area contributed by atoms with Crippen LogP contribution in [0.25, 0.3) is 0 Å². The number of rotatable bonds is 2. The molecule has 0 radical (unpaired) electrons. The molecule has 3 nitrogen and oxygen atoms in total. The summed E-state index contributed by atoms with van der Waals surface area (Å²) in [6.45, 7) is 1.15. The Labute approximate surface area is 111 Å². The Balaban J connectivity index is 2.00. The lowest BCUT2D eigenvalue weighted by Crippen LogP contribution is -2.45. The first-order valence-corrected chi connectivity index (χ1v) is 6.43. The molecule has 3 rings (SSSR count). The van der Waals surface area contributed by atoms with Crippen LogP contribution in [0.4, 0.5) is 10.2 Å². The Morgan fingerprint density at radius 2 is 2.00 bits per heavy atom. The van der Waals surface area contributed by atoms with Gasteiger partial charge in [0.15, 0.2) is 11.6 Å². The summed E-state index contributed by atoms with van der Waals surface area (Å²) < 4.78 is 13.9. The monoisotopic (exact) mass is 257 g/mol. The first-order valence-electron chi connectivity index (χ1n) is 6.43. The molecule has 0 saturated heterocycles. The van der Waals surface area contributed by atoms with Crippen LogP contribution in [0.5, 0.6) is 0 Å². The predicted octanol–water partition coefficient (Wildman–Crippen LogP) is 2.11. The van der Waals surface area contributed by atoms with Crippen molar-refractivity contribution in [3.63, 3.8) is 0 Å². The van der Waals surface area contributed by atoms with Crippen LogP contribution >= 0.6 is 0 Å². The molecule has 0 spiro atoms. The van der Waals surface area contributed by atoms with Crippen molar-refractivity contribution in [2.45, 2.75) is 19.0 Å². The van der Waals surface area contributed by atoms with Crippen LogP contribution in [0.2, 0.25) is 0 Å². The molecule has 1 atom stereocenters. The Hall–Kier alpha value is -1.94. The van der Waals surface area contributed by atoms with Crippen molar-refractivity contribution in [2.75, 3.05) is 11.4 Å². The van der Waals surface area contributed by atoms with Crippen LogP contribution in [-0.4, -0.2) is 17.6 Å². The molecule has 19 heavy (non-hydrogen) atoms. The van der Waals surface area contributed by atoms with Crippen molar-refractivity contribution >= 4 is 5.82 Å². The van der Waals surface area contributed by atoms with Crippen molar-refractivity contribution < 1.29 is 4.39 Å². The lowest BCUT2D eigenvalue weighted by Gasteiger charge is -2.37. The molecule has 2 heterocycles. The molecule has 0 saturated carbocycles. The van der Waals surface area contributed by atoms with Crippen molar-refractivity contribution in [1.29, 1.82) is 0 Å². The topological polar surface area (TPSA) is 42.1 Å². The molecule has 1 aliphatic rings. The summed E-state index contributed by atoms with van der Waals surface area (Å²) in [6.07, 6.45) is 2.45. The summed E-state index contributed by atoms with van der Waals surface area (Å²) in [6, 6.07) is 11.4. The Morgan fingerprint density at radius 3 is 2.74 bits per heavy atom. The number of hydrogen-bond donors (Lipinski definition) is 1. The number of benzene rings is 1. The zero-order valence-electron chi connectivity index (χ0n) is 10.6. The van der Waals surface area contributed by atoms with E-state index >= 15 is 0 Å². The SMILES string of the molecule is NCC1Cc2ccccc2CN1c1ncccc1F. The summed E-state index contributed by atoms with van der Waals surface area (Å²) in [5.41, 5.74) is 8.36. The van der Waals surface area contributed by atoms with Crippen LogP contribution in [0.3, 0.4) is 0 Å². The minimum atomic E-state index is -0.291. The number of fused-ring (bicyclic) bond motifs is 1. The van der Waals surface area contributed by atoms with Crippen molar-refractivity contribution in [3.8, 4) is 0 Å². The van der Waals surface area contributed by atoms with Crippen LogP contribution in [0.1, 0.15) is 11.1 Å². The fraction of sp³-hybridized carbons (Fsp3) is 0.267.